The Kier molecular flexibility index (Phi) is 70.6. The van der Waals surface area contributed by atoms with Crippen LogP contribution in [-0.4, -0.2) is 96.7 Å². The number of phosphoric acid groups is 2. The van der Waals surface area contributed by atoms with Crippen LogP contribution in [0.2, 0.25) is 0 Å². The first-order valence-corrected chi connectivity index (χ1v) is 45.8. The van der Waals surface area contributed by atoms with Crippen molar-refractivity contribution in [2.24, 2.45) is 23.7 Å². The molecule has 0 aromatic heterocycles. The lowest BCUT2D eigenvalue weighted by Gasteiger charge is -2.21. The zero-order valence-electron chi connectivity index (χ0n) is 67.2. The maximum atomic E-state index is 13.1. The van der Waals surface area contributed by atoms with Crippen LogP contribution in [0.3, 0.4) is 0 Å². The monoisotopic (exact) mass is 1490 g/mol. The number of unbranched alkanes of at least 4 members (excludes halogenated alkanes) is 44. The predicted molar refractivity (Wildman–Crippen MR) is 418 cm³/mol. The first-order valence-electron chi connectivity index (χ1n) is 42.8. The van der Waals surface area contributed by atoms with E-state index in [0.29, 0.717) is 25.7 Å². The van der Waals surface area contributed by atoms with Crippen molar-refractivity contribution in [3.8, 4) is 0 Å². The third-order valence-corrected chi connectivity index (χ3v) is 21.9. The zero-order chi connectivity index (χ0) is 75.3. The normalized spacial score (nSPS) is 14.5. The third kappa shape index (κ3) is 73.6. The molecule has 0 heterocycles. The van der Waals surface area contributed by atoms with Crippen LogP contribution in [0, 0.1) is 23.7 Å². The van der Waals surface area contributed by atoms with Crippen molar-refractivity contribution in [2.45, 2.75) is 446 Å². The predicted octanol–water partition coefficient (Wildman–Crippen LogP) is 24.8. The SMILES string of the molecule is CCC(C)CCCCCCCCCCC(=O)OC[C@H](COP(=O)(O)OC[C@@H](O)COP(=O)(O)OC[C@@H](COC(=O)CCCCCCCCC(C)CC)OC(=O)CCCCCCCCCCCCCCCCCCCCC(C)C)OC(=O)CCCCCCCCCCCCCCCCCCC(C)C. The van der Waals surface area contributed by atoms with Gasteiger partial charge in [-0.2, -0.15) is 0 Å². The van der Waals surface area contributed by atoms with Gasteiger partial charge in [0.2, 0.25) is 0 Å². The van der Waals surface area contributed by atoms with Crippen LogP contribution in [0.15, 0.2) is 0 Å². The van der Waals surface area contributed by atoms with Crippen molar-refractivity contribution in [1.82, 2.24) is 0 Å². The van der Waals surface area contributed by atoms with Crippen LogP contribution >= 0.6 is 15.6 Å². The number of rotatable bonds is 80. The Balaban J connectivity index is 5.19. The van der Waals surface area contributed by atoms with Gasteiger partial charge in [-0.3, -0.25) is 37.3 Å². The second kappa shape index (κ2) is 72.0. The van der Waals surface area contributed by atoms with Crippen LogP contribution < -0.4 is 0 Å². The minimum Gasteiger partial charge on any atom is -0.462 e. The summed E-state index contributed by atoms with van der Waals surface area (Å²) in [6.07, 6.45) is 59.8. The van der Waals surface area contributed by atoms with Gasteiger partial charge in [0.05, 0.1) is 26.4 Å². The highest BCUT2D eigenvalue weighted by Gasteiger charge is 2.30. The molecule has 0 saturated heterocycles. The van der Waals surface area contributed by atoms with E-state index in [1.165, 1.54) is 225 Å². The smallest absolute Gasteiger partial charge is 0.462 e. The molecule has 17 nitrogen and oxygen atoms in total. The first-order chi connectivity index (χ1) is 49.2. The van der Waals surface area contributed by atoms with E-state index >= 15 is 0 Å². The molecule has 0 fully saturated rings. The van der Waals surface area contributed by atoms with E-state index in [4.69, 9.17) is 37.0 Å². The number of esters is 4. The van der Waals surface area contributed by atoms with Gasteiger partial charge in [0, 0.05) is 25.7 Å². The second-order valence-corrected chi connectivity index (χ2v) is 34.2. The van der Waals surface area contributed by atoms with Gasteiger partial charge >= 0.3 is 39.5 Å². The average Bonchev–Trinajstić information content (AvgIpc) is 0.905. The van der Waals surface area contributed by atoms with Crippen molar-refractivity contribution in [3.05, 3.63) is 0 Å². The summed E-state index contributed by atoms with van der Waals surface area (Å²) >= 11 is 0. The van der Waals surface area contributed by atoms with Gasteiger partial charge in [-0.25, -0.2) is 9.13 Å². The number of phosphoric ester groups is 2. The largest absolute Gasteiger partial charge is 0.472 e. The Labute approximate surface area is 626 Å². The Morgan fingerprint density at radius 2 is 0.471 bits per heavy atom. The zero-order valence-corrected chi connectivity index (χ0v) is 69.0. The first kappa shape index (κ1) is 100. The van der Waals surface area contributed by atoms with E-state index < -0.39 is 97.5 Å². The summed E-state index contributed by atoms with van der Waals surface area (Å²) in [4.78, 5) is 73.1. The molecule has 102 heavy (non-hydrogen) atoms. The van der Waals surface area contributed by atoms with Crippen LogP contribution in [0.25, 0.3) is 0 Å². The number of carbonyl (C=O) groups excluding carboxylic acids is 4. The summed E-state index contributed by atoms with van der Waals surface area (Å²) in [5.41, 5.74) is 0. The molecule has 0 radical (unpaired) electrons. The minimum absolute atomic E-state index is 0.107. The molecule has 4 unspecified atom stereocenters. The maximum absolute atomic E-state index is 13.1. The number of aliphatic hydroxyl groups is 1. The lowest BCUT2D eigenvalue weighted by atomic mass is 9.99. The molecule has 3 N–H and O–H groups in total. The topological polar surface area (TPSA) is 237 Å². The molecule has 0 spiro atoms. The van der Waals surface area contributed by atoms with Gasteiger partial charge < -0.3 is 33.8 Å². The molecule has 0 amide bonds. The minimum atomic E-state index is -4.96. The number of carbonyl (C=O) groups is 4. The van der Waals surface area contributed by atoms with Crippen molar-refractivity contribution in [1.29, 1.82) is 0 Å². The van der Waals surface area contributed by atoms with Crippen molar-refractivity contribution in [2.75, 3.05) is 39.6 Å². The van der Waals surface area contributed by atoms with E-state index in [1.807, 2.05) is 0 Å². The van der Waals surface area contributed by atoms with Crippen LogP contribution in [0.1, 0.15) is 428 Å². The molecule has 0 aliphatic heterocycles. The maximum Gasteiger partial charge on any atom is 0.472 e. The summed E-state index contributed by atoms with van der Waals surface area (Å²) in [5.74, 6) is 1.02. The van der Waals surface area contributed by atoms with Crippen LogP contribution in [0.4, 0.5) is 0 Å². The number of hydrogen-bond donors (Lipinski definition) is 3. The highest BCUT2D eigenvalue weighted by atomic mass is 31.2. The van der Waals surface area contributed by atoms with E-state index in [-0.39, 0.29) is 25.7 Å². The van der Waals surface area contributed by atoms with Gasteiger partial charge in [-0.1, -0.05) is 376 Å². The summed E-state index contributed by atoms with van der Waals surface area (Å²) in [5, 5.41) is 10.7. The summed E-state index contributed by atoms with van der Waals surface area (Å²) in [6, 6.07) is 0. The quantitative estimate of drug-likeness (QED) is 0.0222. The molecule has 7 atom stereocenters. The van der Waals surface area contributed by atoms with Crippen molar-refractivity contribution in [3.63, 3.8) is 0 Å². The van der Waals surface area contributed by atoms with Gasteiger partial charge in [0.1, 0.15) is 19.3 Å². The van der Waals surface area contributed by atoms with Crippen LogP contribution in [0.5, 0.6) is 0 Å². The number of aliphatic hydroxyl groups excluding tert-OH is 1. The molecule has 0 bridgehead atoms. The molecular weight excluding hydrogens is 1330 g/mol. The fourth-order valence-corrected chi connectivity index (χ4v) is 14.3. The fourth-order valence-electron chi connectivity index (χ4n) is 12.7. The standard InChI is InChI=1S/C83H162O17P2/c1-9-75(7)61-53-45-37-33-34-38-47-55-63-80(85)93-69-78(99-82(87)65-57-50-40-32-28-24-20-16-15-18-22-26-30-36-44-52-60-74(5)6)71-97-101(89,90)95-67-77(84)68-96-102(91,92)98-72-79(70-94-81(86)64-56-48-42-41-46-54-62-76(8)10-2)100-83(88)66-58-49-39-31-27-23-19-14-12-11-13-17-21-25-29-35-43-51-59-73(3)4/h73-79,84H,9-72H2,1-8H3,(H,89,90)(H,91,92)/t75?,76?,77-,78-,79-/m1/s1. The van der Waals surface area contributed by atoms with E-state index in [0.717, 1.165) is 120 Å². The summed E-state index contributed by atoms with van der Waals surface area (Å²) in [6.45, 7) is 14.3. The third-order valence-electron chi connectivity index (χ3n) is 20.0. The Bertz CT molecular complexity index is 1990. The molecule has 0 rings (SSSR count). The molecule has 0 aliphatic rings. The summed E-state index contributed by atoms with van der Waals surface area (Å²) in [7, 11) is -9.92. The molecule has 0 aromatic carbocycles. The van der Waals surface area contributed by atoms with Crippen molar-refractivity contribution < 1.29 is 80.2 Å². The van der Waals surface area contributed by atoms with Gasteiger partial charge in [-0.15, -0.1) is 0 Å². The van der Waals surface area contributed by atoms with E-state index in [2.05, 4.69) is 55.4 Å². The average molecular weight is 1490 g/mol. The van der Waals surface area contributed by atoms with Crippen LogP contribution in [-0.2, 0) is 65.4 Å². The lowest BCUT2D eigenvalue weighted by Crippen LogP contribution is -2.30. The van der Waals surface area contributed by atoms with Gasteiger partial charge in [-0.05, 0) is 49.4 Å². The Morgan fingerprint density at radius 1 is 0.275 bits per heavy atom. The molecule has 0 saturated carbocycles. The second-order valence-electron chi connectivity index (χ2n) is 31.3. The lowest BCUT2D eigenvalue weighted by molar-refractivity contribution is -0.161. The van der Waals surface area contributed by atoms with Gasteiger partial charge in [0.15, 0.2) is 12.2 Å². The van der Waals surface area contributed by atoms with E-state index in [9.17, 15) is 43.2 Å². The molecule has 19 heteroatoms. The highest BCUT2D eigenvalue weighted by Crippen LogP contribution is 2.45. The number of ether oxygens (including phenoxy) is 4. The van der Waals surface area contributed by atoms with Gasteiger partial charge in [0.25, 0.3) is 0 Å². The Morgan fingerprint density at radius 3 is 0.696 bits per heavy atom. The van der Waals surface area contributed by atoms with Crippen molar-refractivity contribution >= 4 is 39.5 Å². The molecule has 0 aromatic rings. The molecular formula is C83H162O17P2. The van der Waals surface area contributed by atoms with E-state index in [1.54, 1.807) is 0 Å². The molecule has 606 valence electrons. The molecule has 0 aliphatic carbocycles. The summed E-state index contributed by atoms with van der Waals surface area (Å²) < 4.78 is 68.8. The Hall–Kier alpha value is -1.94. The number of hydrogen-bond acceptors (Lipinski definition) is 15. The fraction of sp³-hybridized carbons (Fsp3) is 0.952. The highest BCUT2D eigenvalue weighted by molar-refractivity contribution is 7.47.